The van der Waals surface area contributed by atoms with Gasteiger partial charge >= 0.3 is 5.97 Å². The van der Waals surface area contributed by atoms with Crippen molar-refractivity contribution in [3.05, 3.63) is 0 Å². The number of carbonyl (C=O) groups excluding carboxylic acids is 1. The van der Waals surface area contributed by atoms with Crippen molar-refractivity contribution in [1.29, 1.82) is 0 Å². The van der Waals surface area contributed by atoms with Crippen LogP contribution in [0.15, 0.2) is 0 Å². The van der Waals surface area contributed by atoms with Crippen molar-refractivity contribution in [3.63, 3.8) is 0 Å². The number of hydrogen-bond acceptors (Lipinski definition) is 3. The largest absolute Gasteiger partial charge is 0.462 e. The maximum absolute atomic E-state index is 13.0. The van der Waals surface area contributed by atoms with Crippen LogP contribution in [-0.2, 0) is 14.0 Å². The van der Waals surface area contributed by atoms with E-state index in [1.807, 2.05) is 0 Å². The fourth-order valence-corrected chi connectivity index (χ4v) is 5.89. The highest BCUT2D eigenvalue weighted by molar-refractivity contribution is 6.74. The Morgan fingerprint density at radius 1 is 0.812 bits per heavy atom. The molecule has 0 bridgehead atoms. The number of carbonyl (C=O) groups is 1. The maximum Gasteiger partial charge on any atom is 0.311 e. The summed E-state index contributed by atoms with van der Waals surface area (Å²) < 4.78 is 12.8. The zero-order chi connectivity index (χ0) is 24.0. The molecule has 190 valence electrons. The van der Waals surface area contributed by atoms with Crippen LogP contribution >= 0.6 is 0 Å². The summed E-state index contributed by atoms with van der Waals surface area (Å²) >= 11 is 0. The monoisotopic (exact) mass is 468 g/mol. The van der Waals surface area contributed by atoms with Crippen molar-refractivity contribution in [1.82, 2.24) is 0 Å². The third-order valence-corrected chi connectivity index (χ3v) is 12.3. The molecule has 0 amide bonds. The topological polar surface area (TPSA) is 35.5 Å². The molecule has 1 fully saturated rings. The van der Waals surface area contributed by atoms with Crippen LogP contribution in [0.1, 0.15) is 137 Å². The summed E-state index contributed by atoms with van der Waals surface area (Å²) in [5, 5.41) is 0.160. The van der Waals surface area contributed by atoms with Gasteiger partial charge in [-0.15, -0.1) is 0 Å². The van der Waals surface area contributed by atoms with E-state index in [4.69, 9.17) is 9.16 Å². The van der Waals surface area contributed by atoms with Crippen LogP contribution in [-0.4, -0.2) is 26.5 Å². The molecule has 1 rings (SSSR count). The lowest BCUT2D eigenvalue weighted by molar-refractivity contribution is -0.170. The number of rotatable bonds is 17. The molecule has 1 aliphatic heterocycles. The summed E-state index contributed by atoms with van der Waals surface area (Å²) in [5.74, 6) is -0.0577. The predicted molar refractivity (Wildman–Crippen MR) is 141 cm³/mol. The molecule has 0 saturated carbocycles. The first-order chi connectivity index (χ1) is 15.1. The summed E-state index contributed by atoms with van der Waals surface area (Å²) in [5.41, 5.74) is 0. The van der Waals surface area contributed by atoms with E-state index < -0.39 is 8.32 Å². The molecule has 3 nitrogen and oxygen atoms in total. The van der Waals surface area contributed by atoms with Gasteiger partial charge in [-0.25, -0.2) is 0 Å². The standard InChI is InChI=1S/C28H56O3Si/c1-8-10-12-14-15-16-17-18-19-21-24-23-26(31-32(6,7)28(3,4)5)25(27(29)30-24)22-20-13-11-9-2/h24-26H,8-23H2,1-7H3. The Morgan fingerprint density at radius 3 is 1.81 bits per heavy atom. The molecule has 0 radical (unpaired) electrons. The Labute approximate surface area is 201 Å². The minimum atomic E-state index is -1.92. The van der Waals surface area contributed by atoms with Gasteiger partial charge in [0.1, 0.15) is 6.10 Å². The molecule has 32 heavy (non-hydrogen) atoms. The fraction of sp³-hybridized carbons (Fsp3) is 0.964. The molecule has 0 aromatic heterocycles. The molecule has 1 aliphatic rings. The van der Waals surface area contributed by atoms with Gasteiger partial charge in [0.15, 0.2) is 8.32 Å². The number of cyclic esters (lactones) is 1. The Morgan fingerprint density at radius 2 is 1.28 bits per heavy atom. The first-order valence-electron chi connectivity index (χ1n) is 14.0. The van der Waals surface area contributed by atoms with E-state index in [1.54, 1.807) is 0 Å². The van der Waals surface area contributed by atoms with E-state index in [0.29, 0.717) is 0 Å². The van der Waals surface area contributed by atoms with E-state index in [-0.39, 0.29) is 29.1 Å². The number of hydrogen-bond donors (Lipinski definition) is 0. The predicted octanol–water partition coefficient (Wildman–Crippen LogP) is 9.20. The molecule has 0 spiro atoms. The Hall–Kier alpha value is -0.353. The normalized spacial score (nSPS) is 22.2. The van der Waals surface area contributed by atoms with Gasteiger partial charge in [0.05, 0.1) is 12.0 Å². The van der Waals surface area contributed by atoms with Crippen LogP contribution in [0.5, 0.6) is 0 Å². The lowest BCUT2D eigenvalue weighted by Gasteiger charge is -2.44. The second-order valence-electron chi connectivity index (χ2n) is 11.8. The maximum atomic E-state index is 13.0. The van der Waals surface area contributed by atoms with E-state index >= 15 is 0 Å². The van der Waals surface area contributed by atoms with Crippen molar-refractivity contribution in [3.8, 4) is 0 Å². The smallest absolute Gasteiger partial charge is 0.311 e. The fourth-order valence-electron chi connectivity index (χ4n) is 4.51. The van der Waals surface area contributed by atoms with Crippen molar-refractivity contribution in [2.24, 2.45) is 5.92 Å². The first kappa shape index (κ1) is 29.7. The van der Waals surface area contributed by atoms with E-state index in [0.717, 1.165) is 25.7 Å². The molecular weight excluding hydrogens is 412 g/mol. The lowest BCUT2D eigenvalue weighted by atomic mass is 9.88. The van der Waals surface area contributed by atoms with Gasteiger partial charge in [-0.2, -0.15) is 0 Å². The molecule has 3 unspecified atom stereocenters. The summed E-state index contributed by atoms with van der Waals surface area (Å²) in [6, 6.07) is 0. The van der Waals surface area contributed by atoms with E-state index in [2.05, 4.69) is 47.7 Å². The summed E-state index contributed by atoms with van der Waals surface area (Å²) in [6.45, 7) is 16.0. The highest BCUT2D eigenvalue weighted by Gasteiger charge is 2.45. The highest BCUT2D eigenvalue weighted by Crippen LogP contribution is 2.41. The van der Waals surface area contributed by atoms with Gasteiger partial charge < -0.3 is 9.16 Å². The van der Waals surface area contributed by atoms with Crippen molar-refractivity contribution >= 4 is 14.3 Å². The van der Waals surface area contributed by atoms with Crippen LogP contribution < -0.4 is 0 Å². The molecule has 1 heterocycles. The van der Waals surface area contributed by atoms with Crippen LogP contribution in [0.3, 0.4) is 0 Å². The van der Waals surface area contributed by atoms with Gasteiger partial charge in [0.2, 0.25) is 0 Å². The quantitative estimate of drug-likeness (QED) is 0.121. The van der Waals surface area contributed by atoms with E-state index in [1.165, 1.54) is 77.0 Å². The highest BCUT2D eigenvalue weighted by atomic mass is 28.4. The second-order valence-corrected chi connectivity index (χ2v) is 16.5. The second kappa shape index (κ2) is 15.5. The number of esters is 1. The summed E-state index contributed by atoms with van der Waals surface area (Å²) in [4.78, 5) is 13.0. The van der Waals surface area contributed by atoms with Crippen LogP contribution in [0.4, 0.5) is 0 Å². The molecule has 0 N–H and O–H groups in total. The Balaban J connectivity index is 2.54. The van der Waals surface area contributed by atoms with Crippen LogP contribution in [0.2, 0.25) is 18.1 Å². The average Bonchev–Trinajstić information content (AvgIpc) is 2.70. The van der Waals surface area contributed by atoms with Gasteiger partial charge in [-0.1, -0.05) is 112 Å². The zero-order valence-electron chi connectivity index (χ0n) is 22.8. The molecule has 3 atom stereocenters. The lowest BCUT2D eigenvalue weighted by Crippen LogP contribution is -2.51. The Kier molecular flexibility index (Phi) is 14.4. The molecule has 0 aromatic carbocycles. The van der Waals surface area contributed by atoms with Crippen molar-refractivity contribution in [2.75, 3.05) is 0 Å². The molecular formula is C28H56O3Si. The van der Waals surface area contributed by atoms with Crippen molar-refractivity contribution < 1.29 is 14.0 Å². The minimum Gasteiger partial charge on any atom is -0.462 e. The minimum absolute atomic E-state index is 0.0115. The number of ether oxygens (including phenoxy) is 1. The van der Waals surface area contributed by atoms with E-state index in [9.17, 15) is 4.79 Å². The SMILES string of the molecule is CCCCCCCCCCCC1CC(O[Si](C)(C)C(C)(C)C)C(CCCCCC)C(=O)O1. The average molecular weight is 469 g/mol. The number of unbranched alkanes of at least 4 members (excludes halogenated alkanes) is 11. The van der Waals surface area contributed by atoms with Gasteiger partial charge in [-0.3, -0.25) is 4.79 Å². The van der Waals surface area contributed by atoms with Gasteiger partial charge in [0, 0.05) is 6.42 Å². The third kappa shape index (κ3) is 11.2. The molecule has 1 saturated heterocycles. The van der Waals surface area contributed by atoms with Crippen LogP contribution in [0, 0.1) is 5.92 Å². The van der Waals surface area contributed by atoms with Crippen molar-refractivity contribution in [2.45, 2.75) is 168 Å². The molecule has 0 aromatic rings. The van der Waals surface area contributed by atoms with Crippen LogP contribution in [0.25, 0.3) is 0 Å². The third-order valence-electron chi connectivity index (χ3n) is 7.78. The zero-order valence-corrected chi connectivity index (χ0v) is 23.8. The Bertz CT molecular complexity index is 497. The van der Waals surface area contributed by atoms with Gasteiger partial charge in [-0.05, 0) is 37.4 Å². The summed E-state index contributed by atoms with van der Waals surface area (Å²) in [6.07, 6.45) is 19.6. The van der Waals surface area contributed by atoms with Gasteiger partial charge in [0.25, 0.3) is 0 Å². The molecule has 4 heteroatoms. The summed E-state index contributed by atoms with van der Waals surface area (Å²) in [7, 11) is -1.92. The first-order valence-corrected chi connectivity index (χ1v) is 16.9. The molecule has 0 aliphatic carbocycles.